The SMILES string of the molecule is COc1ccccc1NC(=O)C1=C(O)[C@@H]2Oc3c(O)ccc4c3[C@@]23CCN(CC2CC2)[C@H](C4)[C@]3(O)C1. The summed E-state index contributed by atoms with van der Waals surface area (Å²) in [6, 6.07) is 10.4. The van der Waals surface area contributed by atoms with Crippen LogP contribution in [0.15, 0.2) is 47.7 Å². The molecule has 1 amide bonds. The zero-order chi connectivity index (χ0) is 24.8. The predicted octanol–water partition coefficient (Wildman–Crippen LogP) is 3.03. The number of anilines is 1. The lowest BCUT2D eigenvalue weighted by molar-refractivity contribution is -0.172. The number of phenols is 1. The molecule has 2 bridgehead atoms. The van der Waals surface area contributed by atoms with Crippen LogP contribution in [0.25, 0.3) is 0 Å². The fourth-order valence-electron chi connectivity index (χ4n) is 7.31. The molecule has 5 aliphatic rings. The zero-order valence-corrected chi connectivity index (χ0v) is 20.2. The molecule has 1 saturated heterocycles. The maximum Gasteiger partial charge on any atom is 0.255 e. The monoisotopic (exact) mass is 490 g/mol. The van der Waals surface area contributed by atoms with Gasteiger partial charge < -0.3 is 30.1 Å². The van der Waals surface area contributed by atoms with E-state index in [1.807, 2.05) is 12.1 Å². The van der Waals surface area contributed by atoms with E-state index < -0.39 is 23.0 Å². The molecule has 3 aliphatic carbocycles. The number of hydrogen-bond acceptors (Lipinski definition) is 7. The van der Waals surface area contributed by atoms with Crippen LogP contribution in [0.5, 0.6) is 17.2 Å². The van der Waals surface area contributed by atoms with E-state index in [2.05, 4.69) is 10.2 Å². The number of nitrogens with one attached hydrogen (secondary N) is 1. The van der Waals surface area contributed by atoms with Gasteiger partial charge in [-0.05, 0) is 61.9 Å². The van der Waals surface area contributed by atoms with Crippen molar-refractivity contribution in [3.05, 3.63) is 58.9 Å². The van der Waals surface area contributed by atoms with E-state index in [9.17, 15) is 20.1 Å². The summed E-state index contributed by atoms with van der Waals surface area (Å²) in [5.74, 6) is 0.790. The number of para-hydroxylation sites is 2. The van der Waals surface area contributed by atoms with E-state index in [4.69, 9.17) is 9.47 Å². The van der Waals surface area contributed by atoms with Crippen LogP contribution in [-0.4, -0.2) is 64.1 Å². The van der Waals surface area contributed by atoms with Crippen LogP contribution in [-0.2, 0) is 16.6 Å². The first-order valence-corrected chi connectivity index (χ1v) is 12.7. The minimum atomic E-state index is -1.34. The van der Waals surface area contributed by atoms with Crippen LogP contribution >= 0.6 is 0 Å². The van der Waals surface area contributed by atoms with E-state index >= 15 is 0 Å². The number of methoxy groups -OCH3 is 1. The van der Waals surface area contributed by atoms with Gasteiger partial charge in [0, 0.05) is 24.6 Å². The second kappa shape index (κ2) is 7.40. The molecule has 8 heteroatoms. The maximum absolute atomic E-state index is 13.6. The van der Waals surface area contributed by atoms with Crippen LogP contribution in [0.3, 0.4) is 0 Å². The van der Waals surface area contributed by atoms with Crippen molar-refractivity contribution in [1.82, 2.24) is 4.90 Å². The number of benzene rings is 2. The number of piperidine rings is 1. The number of phenolic OH excluding ortho intramolecular Hbond substituents is 1. The van der Waals surface area contributed by atoms with Gasteiger partial charge in [0.25, 0.3) is 5.91 Å². The molecule has 7 rings (SSSR count). The summed E-state index contributed by atoms with van der Waals surface area (Å²) < 4.78 is 11.6. The van der Waals surface area contributed by atoms with Gasteiger partial charge in [-0.15, -0.1) is 0 Å². The highest BCUT2D eigenvalue weighted by Crippen LogP contribution is 2.66. The fraction of sp³-hybridized carbons (Fsp3) is 0.464. The van der Waals surface area contributed by atoms with E-state index in [0.717, 1.165) is 24.2 Å². The Labute approximate surface area is 209 Å². The molecule has 1 saturated carbocycles. The van der Waals surface area contributed by atoms with Crippen molar-refractivity contribution in [2.24, 2.45) is 5.92 Å². The Bertz CT molecular complexity index is 1320. The van der Waals surface area contributed by atoms with Crippen molar-refractivity contribution in [1.29, 1.82) is 0 Å². The lowest BCUT2D eigenvalue weighted by Gasteiger charge is -2.62. The van der Waals surface area contributed by atoms with Gasteiger partial charge >= 0.3 is 0 Å². The third kappa shape index (κ3) is 2.74. The van der Waals surface area contributed by atoms with E-state index in [1.165, 1.54) is 20.0 Å². The summed E-state index contributed by atoms with van der Waals surface area (Å²) in [7, 11) is 1.53. The number of aromatic hydroxyl groups is 1. The van der Waals surface area contributed by atoms with Gasteiger partial charge in [-0.25, -0.2) is 0 Å². The number of carbonyl (C=O) groups excluding carboxylic acids is 1. The van der Waals surface area contributed by atoms with Gasteiger partial charge in [-0.3, -0.25) is 9.69 Å². The summed E-state index contributed by atoms with van der Waals surface area (Å²) >= 11 is 0. The van der Waals surface area contributed by atoms with Gasteiger partial charge in [0.05, 0.1) is 29.4 Å². The second-order valence-corrected chi connectivity index (χ2v) is 10.9. The lowest BCUT2D eigenvalue weighted by atomic mass is 9.49. The smallest absolute Gasteiger partial charge is 0.255 e. The minimum absolute atomic E-state index is 0.0000449. The Hall–Kier alpha value is -3.23. The lowest BCUT2D eigenvalue weighted by Crippen LogP contribution is -2.75. The number of likely N-dealkylation sites (tertiary alicyclic amines) is 1. The molecule has 2 aromatic carbocycles. The minimum Gasteiger partial charge on any atom is -0.508 e. The number of ether oxygens (including phenoxy) is 2. The van der Waals surface area contributed by atoms with Crippen LogP contribution in [0.4, 0.5) is 5.69 Å². The molecule has 0 radical (unpaired) electrons. The van der Waals surface area contributed by atoms with Crippen molar-refractivity contribution in [2.75, 3.05) is 25.5 Å². The first-order valence-electron chi connectivity index (χ1n) is 12.7. The molecular formula is C28H30N2O6. The Morgan fingerprint density at radius 3 is 2.81 bits per heavy atom. The molecule has 1 spiro atoms. The number of aliphatic hydroxyl groups excluding tert-OH is 1. The summed E-state index contributed by atoms with van der Waals surface area (Å²) in [6.45, 7) is 1.70. The summed E-state index contributed by atoms with van der Waals surface area (Å²) in [6.07, 6.45) is 2.65. The molecule has 0 aromatic heterocycles. The molecule has 4 atom stereocenters. The highest BCUT2D eigenvalue weighted by Gasteiger charge is 2.73. The maximum atomic E-state index is 13.6. The topological polar surface area (TPSA) is 111 Å². The van der Waals surface area contributed by atoms with Gasteiger partial charge in [0.1, 0.15) is 11.5 Å². The van der Waals surface area contributed by atoms with Crippen molar-refractivity contribution < 1.29 is 29.6 Å². The third-order valence-corrected chi connectivity index (χ3v) is 9.15. The Morgan fingerprint density at radius 1 is 1.22 bits per heavy atom. The third-order valence-electron chi connectivity index (χ3n) is 9.15. The number of aliphatic hydroxyl groups is 2. The predicted molar refractivity (Wildman–Crippen MR) is 131 cm³/mol. The first-order chi connectivity index (χ1) is 17.4. The van der Waals surface area contributed by atoms with E-state index in [-0.39, 0.29) is 29.5 Å². The fourth-order valence-corrected chi connectivity index (χ4v) is 7.31. The highest BCUT2D eigenvalue weighted by molar-refractivity contribution is 6.05. The van der Waals surface area contributed by atoms with Gasteiger partial charge in [0.2, 0.25) is 0 Å². The standard InChI is InChI=1S/C28H30N2O6/c1-35-20-5-3-2-4-18(20)29-26(33)17-13-28(34)21-12-16-8-9-19(31)24-22(16)27(28,25(36-24)23(17)32)10-11-30(21)14-15-6-7-15/h2-5,8-9,15,21,25,31-32,34H,6-7,10-14H2,1H3,(H,29,33)/t21-,25+,27+,28-/m1/s1. The molecule has 2 aromatic rings. The van der Waals surface area contributed by atoms with Crippen molar-refractivity contribution in [2.45, 2.75) is 55.3 Å². The normalized spacial score (nSPS) is 32.1. The average molecular weight is 491 g/mol. The van der Waals surface area contributed by atoms with Crippen LogP contribution in [0.1, 0.15) is 36.8 Å². The number of nitrogens with zero attached hydrogens (tertiary/aromatic N) is 1. The first kappa shape index (κ1) is 22.0. The molecule has 36 heavy (non-hydrogen) atoms. The van der Waals surface area contributed by atoms with Crippen LogP contribution in [0, 0.1) is 5.92 Å². The van der Waals surface area contributed by atoms with Crippen molar-refractivity contribution in [3.8, 4) is 17.2 Å². The van der Waals surface area contributed by atoms with E-state index in [1.54, 1.807) is 24.3 Å². The molecule has 2 aliphatic heterocycles. The van der Waals surface area contributed by atoms with Crippen LogP contribution < -0.4 is 14.8 Å². The number of amides is 1. The Kier molecular flexibility index (Phi) is 4.52. The molecule has 4 N–H and O–H groups in total. The van der Waals surface area contributed by atoms with Gasteiger partial charge in [-0.2, -0.15) is 0 Å². The zero-order valence-electron chi connectivity index (χ0n) is 20.2. The molecule has 188 valence electrons. The highest BCUT2D eigenvalue weighted by atomic mass is 16.5. The Balaban J connectivity index is 1.35. The molecule has 8 nitrogen and oxygen atoms in total. The number of rotatable bonds is 5. The molecule has 2 fully saturated rings. The summed E-state index contributed by atoms with van der Waals surface area (Å²) in [5.41, 5.74) is 0.169. The second-order valence-electron chi connectivity index (χ2n) is 10.9. The summed E-state index contributed by atoms with van der Waals surface area (Å²) in [5, 5.41) is 37.7. The van der Waals surface area contributed by atoms with Gasteiger partial charge in [0.15, 0.2) is 17.6 Å². The average Bonchev–Trinajstić information content (AvgIpc) is 3.61. The Morgan fingerprint density at radius 2 is 2.03 bits per heavy atom. The quantitative estimate of drug-likeness (QED) is 0.510. The largest absolute Gasteiger partial charge is 0.508 e. The number of carbonyl (C=O) groups is 1. The molecular weight excluding hydrogens is 460 g/mol. The van der Waals surface area contributed by atoms with Crippen LogP contribution in [0.2, 0.25) is 0 Å². The number of hydrogen-bond donors (Lipinski definition) is 4. The summed E-state index contributed by atoms with van der Waals surface area (Å²) in [4.78, 5) is 15.9. The molecule has 0 unspecified atom stereocenters. The van der Waals surface area contributed by atoms with Gasteiger partial charge in [-0.1, -0.05) is 18.2 Å². The van der Waals surface area contributed by atoms with E-state index in [0.29, 0.717) is 35.9 Å². The van der Waals surface area contributed by atoms with Crippen molar-refractivity contribution in [3.63, 3.8) is 0 Å². The van der Waals surface area contributed by atoms with Crippen molar-refractivity contribution >= 4 is 11.6 Å². The molecule has 2 heterocycles.